The van der Waals surface area contributed by atoms with E-state index in [-0.39, 0.29) is 0 Å². The highest BCUT2D eigenvalue weighted by Crippen LogP contribution is 2.29. The van der Waals surface area contributed by atoms with Crippen LogP contribution in [0.25, 0.3) is 11.4 Å². The van der Waals surface area contributed by atoms with Crippen LogP contribution in [0.5, 0.6) is 11.5 Å². The average molecular weight is 397 g/mol. The van der Waals surface area contributed by atoms with Gasteiger partial charge >= 0.3 is 0 Å². The van der Waals surface area contributed by atoms with E-state index in [1.54, 1.807) is 14.2 Å². The highest BCUT2D eigenvalue weighted by Gasteiger charge is 2.23. The van der Waals surface area contributed by atoms with Crippen LogP contribution in [0.2, 0.25) is 0 Å². The molecule has 0 bridgehead atoms. The van der Waals surface area contributed by atoms with Crippen LogP contribution in [0, 0.1) is 0 Å². The van der Waals surface area contributed by atoms with Gasteiger partial charge in [-0.1, -0.05) is 30.3 Å². The predicted molar refractivity (Wildman–Crippen MR) is 114 cm³/mol. The fourth-order valence-corrected chi connectivity index (χ4v) is 4.17. The minimum absolute atomic E-state index is 0.328. The third-order valence-corrected chi connectivity index (χ3v) is 5.64. The first kappa shape index (κ1) is 18.6. The summed E-state index contributed by atoms with van der Waals surface area (Å²) in [6.07, 6.45) is 2.22. The molecule has 1 aromatic heterocycles. The summed E-state index contributed by atoms with van der Waals surface area (Å²) in [4.78, 5) is 7.09. The minimum atomic E-state index is 0.328. The summed E-state index contributed by atoms with van der Waals surface area (Å²) in [6.45, 7) is 1.89. The Morgan fingerprint density at radius 1 is 1.07 bits per heavy atom. The van der Waals surface area contributed by atoms with Gasteiger partial charge in [-0.2, -0.15) is 9.36 Å². The Balaban J connectivity index is 1.46. The number of anilines is 2. The van der Waals surface area contributed by atoms with Gasteiger partial charge in [-0.05, 0) is 12.8 Å². The number of hydrogen-bond donors (Lipinski definition) is 1. The monoisotopic (exact) mass is 396 g/mol. The topological polar surface area (TPSA) is 59.5 Å². The normalized spacial score (nSPS) is 16.6. The van der Waals surface area contributed by atoms with Gasteiger partial charge in [0.1, 0.15) is 11.5 Å². The average Bonchev–Trinajstić information content (AvgIpc) is 3.24. The summed E-state index contributed by atoms with van der Waals surface area (Å²) in [5.41, 5.74) is 2.06. The smallest absolute Gasteiger partial charge is 0.205 e. The predicted octanol–water partition coefficient (Wildman–Crippen LogP) is 4.30. The molecule has 1 unspecified atom stereocenters. The van der Waals surface area contributed by atoms with Gasteiger partial charge in [-0.3, -0.25) is 0 Å². The molecule has 1 aliphatic rings. The Labute approximate surface area is 169 Å². The quantitative estimate of drug-likeness (QED) is 0.670. The first-order valence-electron chi connectivity index (χ1n) is 9.39. The standard InChI is InChI=1S/C21H24N4O2S/c1-26-18-11-17(12-19(13-18)27-2)22-16-9-6-10-25(14-16)21-23-20(24-28-21)15-7-4-3-5-8-15/h3-5,7-8,11-13,16,22H,6,9-10,14H2,1-2H3. The second-order valence-electron chi connectivity index (χ2n) is 6.80. The molecule has 1 aliphatic heterocycles. The molecule has 6 nitrogen and oxygen atoms in total. The van der Waals surface area contributed by atoms with E-state index in [0.29, 0.717) is 6.04 Å². The van der Waals surface area contributed by atoms with Crippen molar-refractivity contribution in [2.45, 2.75) is 18.9 Å². The third-order valence-electron chi connectivity index (χ3n) is 4.86. The number of nitrogens with one attached hydrogen (secondary N) is 1. The number of rotatable bonds is 6. The lowest BCUT2D eigenvalue weighted by Gasteiger charge is -2.33. The van der Waals surface area contributed by atoms with Gasteiger partial charge < -0.3 is 19.7 Å². The fourth-order valence-electron chi connectivity index (χ4n) is 3.44. The van der Waals surface area contributed by atoms with Crippen LogP contribution < -0.4 is 19.7 Å². The van der Waals surface area contributed by atoms with Crippen molar-refractivity contribution in [3.8, 4) is 22.9 Å². The molecule has 0 radical (unpaired) electrons. The van der Waals surface area contributed by atoms with Gasteiger partial charge in [0.25, 0.3) is 0 Å². The molecule has 2 heterocycles. The maximum atomic E-state index is 5.37. The van der Waals surface area contributed by atoms with Crippen LogP contribution in [0.1, 0.15) is 12.8 Å². The van der Waals surface area contributed by atoms with E-state index in [0.717, 1.165) is 59.6 Å². The lowest BCUT2D eigenvalue weighted by atomic mass is 10.1. The first-order valence-corrected chi connectivity index (χ1v) is 10.2. The molecule has 0 aliphatic carbocycles. The van der Waals surface area contributed by atoms with Crippen LogP contribution in [0.3, 0.4) is 0 Å². The Morgan fingerprint density at radius 2 is 1.82 bits per heavy atom. The number of nitrogens with zero attached hydrogens (tertiary/aromatic N) is 3. The van der Waals surface area contributed by atoms with E-state index in [2.05, 4.69) is 14.6 Å². The van der Waals surface area contributed by atoms with Crippen molar-refractivity contribution in [1.29, 1.82) is 0 Å². The Morgan fingerprint density at radius 3 is 2.54 bits per heavy atom. The highest BCUT2D eigenvalue weighted by atomic mass is 32.1. The Kier molecular flexibility index (Phi) is 5.62. The molecule has 1 saturated heterocycles. The number of methoxy groups -OCH3 is 2. The Hall–Kier alpha value is -2.80. The van der Waals surface area contributed by atoms with Crippen molar-refractivity contribution in [2.75, 3.05) is 37.5 Å². The van der Waals surface area contributed by atoms with Crippen molar-refractivity contribution in [1.82, 2.24) is 9.36 Å². The van der Waals surface area contributed by atoms with E-state index in [1.165, 1.54) is 11.5 Å². The number of piperidine rings is 1. The molecule has 4 rings (SSSR count). The molecule has 28 heavy (non-hydrogen) atoms. The maximum Gasteiger partial charge on any atom is 0.205 e. The lowest BCUT2D eigenvalue weighted by Crippen LogP contribution is -2.42. The second-order valence-corrected chi connectivity index (χ2v) is 7.53. The van der Waals surface area contributed by atoms with Crippen molar-refractivity contribution >= 4 is 22.4 Å². The molecule has 1 N–H and O–H groups in total. The van der Waals surface area contributed by atoms with Gasteiger partial charge in [0.05, 0.1) is 14.2 Å². The number of hydrogen-bond acceptors (Lipinski definition) is 7. The number of aromatic nitrogens is 2. The molecular formula is C21H24N4O2S. The van der Waals surface area contributed by atoms with Crippen LogP contribution >= 0.6 is 11.5 Å². The zero-order valence-electron chi connectivity index (χ0n) is 16.1. The molecular weight excluding hydrogens is 372 g/mol. The third kappa shape index (κ3) is 4.20. The molecule has 1 fully saturated rings. The summed E-state index contributed by atoms with van der Waals surface area (Å²) in [7, 11) is 3.33. The van der Waals surface area contributed by atoms with E-state index < -0.39 is 0 Å². The van der Waals surface area contributed by atoms with Crippen LogP contribution in [0.4, 0.5) is 10.8 Å². The number of benzene rings is 2. The summed E-state index contributed by atoms with van der Waals surface area (Å²) >= 11 is 1.47. The fraction of sp³-hybridized carbons (Fsp3) is 0.333. The van der Waals surface area contributed by atoms with E-state index >= 15 is 0 Å². The summed E-state index contributed by atoms with van der Waals surface area (Å²) in [5.74, 6) is 2.37. The van der Waals surface area contributed by atoms with Crippen molar-refractivity contribution in [3.63, 3.8) is 0 Å². The van der Waals surface area contributed by atoms with Crippen molar-refractivity contribution in [2.24, 2.45) is 0 Å². The highest BCUT2D eigenvalue weighted by molar-refractivity contribution is 7.09. The van der Waals surface area contributed by atoms with E-state index in [4.69, 9.17) is 14.5 Å². The molecule has 1 atom stereocenters. The maximum absolute atomic E-state index is 5.37. The van der Waals surface area contributed by atoms with Gasteiger partial charge in [0.2, 0.25) is 5.13 Å². The van der Waals surface area contributed by atoms with E-state index in [1.807, 2.05) is 48.5 Å². The van der Waals surface area contributed by atoms with Gasteiger partial charge in [0.15, 0.2) is 5.82 Å². The second kappa shape index (κ2) is 8.48. The van der Waals surface area contributed by atoms with Gasteiger partial charge in [-0.15, -0.1) is 0 Å². The van der Waals surface area contributed by atoms with E-state index in [9.17, 15) is 0 Å². The minimum Gasteiger partial charge on any atom is -0.497 e. The SMILES string of the molecule is COc1cc(NC2CCCN(c3nc(-c4ccccc4)ns3)C2)cc(OC)c1. The zero-order valence-corrected chi connectivity index (χ0v) is 16.9. The van der Waals surface area contributed by atoms with Crippen molar-refractivity contribution in [3.05, 3.63) is 48.5 Å². The molecule has 0 spiro atoms. The molecule has 0 saturated carbocycles. The zero-order chi connectivity index (χ0) is 19.3. The largest absolute Gasteiger partial charge is 0.497 e. The summed E-state index contributed by atoms with van der Waals surface area (Å²) < 4.78 is 15.3. The molecule has 0 amide bonds. The number of ether oxygens (including phenoxy) is 2. The summed E-state index contributed by atoms with van der Waals surface area (Å²) in [6, 6.07) is 16.3. The molecule has 3 aromatic rings. The van der Waals surface area contributed by atoms with Crippen LogP contribution in [-0.2, 0) is 0 Å². The van der Waals surface area contributed by atoms with Crippen LogP contribution in [0.15, 0.2) is 48.5 Å². The lowest BCUT2D eigenvalue weighted by molar-refractivity contribution is 0.394. The molecule has 2 aromatic carbocycles. The van der Waals surface area contributed by atoms with Crippen LogP contribution in [-0.4, -0.2) is 42.7 Å². The van der Waals surface area contributed by atoms with Gasteiger partial charge in [0, 0.05) is 60.1 Å². The molecule has 7 heteroatoms. The van der Waals surface area contributed by atoms with Gasteiger partial charge in [-0.25, -0.2) is 0 Å². The molecule has 146 valence electrons. The van der Waals surface area contributed by atoms with Crippen molar-refractivity contribution < 1.29 is 9.47 Å². The summed E-state index contributed by atoms with van der Waals surface area (Å²) in [5, 5.41) is 4.60. The first-order chi connectivity index (χ1) is 13.7. The Bertz CT molecular complexity index is 894.